The van der Waals surface area contributed by atoms with Crippen LogP contribution in [-0.4, -0.2) is 7.05 Å². The van der Waals surface area contributed by atoms with E-state index in [0.29, 0.717) is 14.4 Å². The average Bonchev–Trinajstić information content (AvgIpc) is 2.96. The van der Waals surface area contributed by atoms with Crippen LogP contribution in [0.4, 0.5) is 4.39 Å². The number of furan rings is 1. The van der Waals surface area contributed by atoms with Crippen molar-refractivity contribution in [3.05, 3.63) is 56.1 Å². The molecule has 0 radical (unpaired) electrons. The third kappa shape index (κ3) is 2.33. The quantitative estimate of drug-likeness (QED) is 0.710. The molecule has 1 unspecified atom stereocenters. The van der Waals surface area contributed by atoms with Crippen LogP contribution in [0.2, 0.25) is 8.67 Å². The SMILES string of the molecule is CNC(c1cc2cccc(F)c2o1)c1cc(Cl)sc1Cl. The summed E-state index contributed by atoms with van der Waals surface area (Å²) < 4.78 is 20.5. The van der Waals surface area contributed by atoms with E-state index >= 15 is 0 Å². The van der Waals surface area contributed by atoms with Crippen molar-refractivity contribution in [2.45, 2.75) is 6.04 Å². The molecule has 3 rings (SSSR count). The van der Waals surface area contributed by atoms with Gasteiger partial charge in [0, 0.05) is 10.9 Å². The lowest BCUT2D eigenvalue weighted by molar-refractivity contribution is 0.477. The van der Waals surface area contributed by atoms with Crippen LogP contribution in [0.5, 0.6) is 0 Å². The maximum atomic E-state index is 13.7. The number of halogens is 3. The van der Waals surface area contributed by atoms with E-state index in [1.807, 2.05) is 6.07 Å². The molecule has 2 heterocycles. The van der Waals surface area contributed by atoms with Crippen molar-refractivity contribution in [2.75, 3.05) is 7.05 Å². The summed E-state index contributed by atoms with van der Waals surface area (Å²) in [6.07, 6.45) is 0. The monoisotopic (exact) mass is 329 g/mol. The lowest BCUT2D eigenvalue weighted by Crippen LogP contribution is -2.16. The Labute approximate surface area is 129 Å². The summed E-state index contributed by atoms with van der Waals surface area (Å²) in [6.45, 7) is 0. The van der Waals surface area contributed by atoms with Crippen molar-refractivity contribution in [1.29, 1.82) is 0 Å². The Kier molecular flexibility index (Phi) is 3.73. The lowest BCUT2D eigenvalue weighted by atomic mass is 10.1. The first-order chi connectivity index (χ1) is 9.60. The van der Waals surface area contributed by atoms with Crippen LogP contribution in [0.1, 0.15) is 17.4 Å². The first-order valence-electron chi connectivity index (χ1n) is 5.90. The molecule has 3 aromatic rings. The predicted molar refractivity (Wildman–Crippen MR) is 81.4 cm³/mol. The van der Waals surface area contributed by atoms with Gasteiger partial charge in [-0.15, -0.1) is 11.3 Å². The van der Waals surface area contributed by atoms with Gasteiger partial charge in [0.2, 0.25) is 0 Å². The number of hydrogen-bond donors (Lipinski definition) is 1. The van der Waals surface area contributed by atoms with Gasteiger partial charge in [-0.2, -0.15) is 0 Å². The van der Waals surface area contributed by atoms with Crippen LogP contribution in [0, 0.1) is 5.82 Å². The van der Waals surface area contributed by atoms with Gasteiger partial charge in [-0.1, -0.05) is 35.3 Å². The molecule has 0 aliphatic heterocycles. The molecule has 1 N–H and O–H groups in total. The Hall–Kier alpha value is -1.07. The zero-order valence-electron chi connectivity index (χ0n) is 10.4. The Morgan fingerprint density at radius 3 is 2.70 bits per heavy atom. The topological polar surface area (TPSA) is 25.2 Å². The van der Waals surface area contributed by atoms with Crippen molar-refractivity contribution in [2.24, 2.45) is 0 Å². The second kappa shape index (κ2) is 5.37. The van der Waals surface area contributed by atoms with Gasteiger partial charge in [-0.3, -0.25) is 0 Å². The zero-order valence-corrected chi connectivity index (χ0v) is 12.7. The summed E-state index contributed by atoms with van der Waals surface area (Å²) in [5, 5.41) is 3.84. The highest BCUT2D eigenvalue weighted by Crippen LogP contribution is 2.38. The molecule has 2 nitrogen and oxygen atoms in total. The molecular formula is C14H10Cl2FNOS. The van der Waals surface area contributed by atoms with E-state index in [1.54, 1.807) is 25.2 Å². The number of nitrogens with one attached hydrogen (secondary N) is 1. The molecule has 2 aromatic heterocycles. The molecule has 1 atom stereocenters. The summed E-state index contributed by atoms with van der Waals surface area (Å²) in [4.78, 5) is 0. The molecule has 0 aliphatic rings. The number of para-hydroxylation sites is 1. The Morgan fingerprint density at radius 2 is 2.10 bits per heavy atom. The minimum atomic E-state index is -0.377. The summed E-state index contributed by atoms with van der Waals surface area (Å²) in [6, 6.07) is 8.16. The molecule has 0 amide bonds. The van der Waals surface area contributed by atoms with Crippen molar-refractivity contribution in [1.82, 2.24) is 5.32 Å². The highest BCUT2D eigenvalue weighted by Gasteiger charge is 2.22. The molecule has 0 saturated carbocycles. The number of benzene rings is 1. The van der Waals surface area contributed by atoms with Gasteiger partial charge >= 0.3 is 0 Å². The van der Waals surface area contributed by atoms with Crippen LogP contribution in [0.25, 0.3) is 11.0 Å². The van der Waals surface area contributed by atoms with E-state index in [4.69, 9.17) is 27.6 Å². The van der Waals surface area contributed by atoms with E-state index in [9.17, 15) is 4.39 Å². The van der Waals surface area contributed by atoms with Gasteiger partial charge in [-0.25, -0.2) is 4.39 Å². The molecule has 20 heavy (non-hydrogen) atoms. The van der Waals surface area contributed by atoms with Crippen molar-refractivity contribution < 1.29 is 8.81 Å². The number of hydrogen-bond acceptors (Lipinski definition) is 3. The minimum Gasteiger partial charge on any atom is -0.456 e. The van der Waals surface area contributed by atoms with E-state index in [1.165, 1.54) is 17.4 Å². The van der Waals surface area contributed by atoms with Crippen LogP contribution in [0.3, 0.4) is 0 Å². The summed E-state index contributed by atoms with van der Waals surface area (Å²) in [5.41, 5.74) is 1.07. The Bertz CT molecular complexity index is 768. The predicted octanol–water partition coefficient (Wildman–Crippen LogP) is 5.25. The highest BCUT2D eigenvalue weighted by molar-refractivity contribution is 7.20. The van der Waals surface area contributed by atoms with Crippen molar-refractivity contribution >= 4 is 45.5 Å². The number of thiophene rings is 1. The molecule has 6 heteroatoms. The summed E-state index contributed by atoms with van der Waals surface area (Å²) in [5.74, 6) is 0.224. The molecule has 1 aromatic carbocycles. The van der Waals surface area contributed by atoms with Gasteiger partial charge in [0.1, 0.15) is 5.76 Å². The summed E-state index contributed by atoms with van der Waals surface area (Å²) >= 11 is 13.4. The minimum absolute atomic E-state index is 0.250. The molecule has 0 bridgehead atoms. The van der Waals surface area contributed by atoms with Crippen LogP contribution >= 0.6 is 34.5 Å². The standard InChI is InChI=1S/C14H10Cl2FNOS/c1-18-12(8-6-11(15)20-14(8)16)10-5-7-3-2-4-9(17)13(7)19-10/h2-6,12,18H,1H3. The third-order valence-electron chi connectivity index (χ3n) is 3.08. The van der Waals surface area contributed by atoms with Crippen LogP contribution < -0.4 is 5.32 Å². The molecule has 104 valence electrons. The molecule has 0 spiro atoms. The largest absolute Gasteiger partial charge is 0.456 e. The first-order valence-corrected chi connectivity index (χ1v) is 7.47. The fraction of sp³-hybridized carbons (Fsp3) is 0.143. The van der Waals surface area contributed by atoms with E-state index in [0.717, 1.165) is 10.9 Å². The van der Waals surface area contributed by atoms with E-state index < -0.39 is 0 Å². The van der Waals surface area contributed by atoms with Crippen LogP contribution in [-0.2, 0) is 0 Å². The van der Waals surface area contributed by atoms with Gasteiger partial charge in [0.15, 0.2) is 11.4 Å². The highest BCUT2D eigenvalue weighted by atomic mass is 35.5. The van der Waals surface area contributed by atoms with E-state index in [2.05, 4.69) is 5.32 Å². The smallest absolute Gasteiger partial charge is 0.169 e. The van der Waals surface area contributed by atoms with Gasteiger partial charge in [0.25, 0.3) is 0 Å². The summed E-state index contributed by atoms with van der Waals surface area (Å²) in [7, 11) is 1.79. The van der Waals surface area contributed by atoms with Gasteiger partial charge in [0.05, 0.1) is 14.7 Å². The third-order valence-corrected chi connectivity index (χ3v) is 4.60. The van der Waals surface area contributed by atoms with Crippen molar-refractivity contribution in [3.8, 4) is 0 Å². The number of rotatable bonds is 3. The Balaban J connectivity index is 2.12. The van der Waals surface area contributed by atoms with Crippen LogP contribution in [0.15, 0.2) is 34.7 Å². The molecular weight excluding hydrogens is 320 g/mol. The molecule has 0 saturated heterocycles. The average molecular weight is 330 g/mol. The molecule has 0 aliphatic carbocycles. The van der Waals surface area contributed by atoms with Gasteiger partial charge in [-0.05, 0) is 25.2 Å². The lowest BCUT2D eigenvalue weighted by Gasteiger charge is -2.12. The van der Waals surface area contributed by atoms with E-state index in [-0.39, 0.29) is 17.4 Å². The first kappa shape index (κ1) is 13.9. The fourth-order valence-electron chi connectivity index (χ4n) is 2.19. The molecule has 0 fully saturated rings. The maximum Gasteiger partial charge on any atom is 0.169 e. The normalized spacial score (nSPS) is 13.0. The maximum absolute atomic E-state index is 13.7. The fourth-order valence-corrected chi connectivity index (χ4v) is 3.72. The zero-order chi connectivity index (χ0) is 14.3. The second-order valence-corrected chi connectivity index (χ2v) is 6.59. The second-order valence-electron chi connectivity index (χ2n) is 4.31. The number of fused-ring (bicyclic) bond motifs is 1. The van der Waals surface area contributed by atoms with Crippen molar-refractivity contribution in [3.63, 3.8) is 0 Å². The van der Waals surface area contributed by atoms with Gasteiger partial charge < -0.3 is 9.73 Å². The Morgan fingerprint density at radius 1 is 1.30 bits per heavy atom.